The third-order valence-electron chi connectivity index (χ3n) is 3.77. The summed E-state index contributed by atoms with van der Waals surface area (Å²) >= 11 is 0. The number of aliphatic hydroxyl groups excluding tert-OH is 1. The van der Waals surface area contributed by atoms with Gasteiger partial charge in [0.15, 0.2) is 0 Å². The monoisotopic (exact) mass is 259 g/mol. The van der Waals surface area contributed by atoms with Crippen molar-refractivity contribution in [2.45, 2.75) is 65.4 Å². The largest absolute Gasteiger partial charge is 0.389 e. The predicted molar refractivity (Wildman–Crippen MR) is 72.7 cm³/mol. The van der Waals surface area contributed by atoms with E-state index in [0.717, 1.165) is 13.0 Å². The van der Waals surface area contributed by atoms with E-state index < -0.39 is 6.10 Å². The smallest absolute Gasteiger partial charge is 0.0897 e. The molecule has 0 bridgehead atoms. The number of hydrogen-bond acceptors (Lipinski definition) is 4. The molecule has 0 saturated heterocycles. The molecule has 4 heteroatoms. The maximum absolute atomic E-state index is 9.79. The Morgan fingerprint density at radius 1 is 1.39 bits per heavy atom. The molecule has 1 aliphatic rings. The number of nitrogens with one attached hydrogen (secondary N) is 1. The van der Waals surface area contributed by atoms with Crippen LogP contribution in [0.15, 0.2) is 0 Å². The second-order valence-electron chi connectivity index (χ2n) is 6.00. The summed E-state index contributed by atoms with van der Waals surface area (Å²) in [5.74, 6) is 0. The third-order valence-corrected chi connectivity index (χ3v) is 3.77. The van der Waals surface area contributed by atoms with Crippen LogP contribution in [0, 0.1) is 5.41 Å². The number of aliphatic hydroxyl groups is 1. The Morgan fingerprint density at radius 3 is 2.56 bits per heavy atom. The van der Waals surface area contributed by atoms with Crippen molar-refractivity contribution >= 4 is 0 Å². The van der Waals surface area contributed by atoms with Crippen LogP contribution < -0.4 is 5.32 Å². The molecular weight excluding hydrogens is 230 g/mol. The lowest BCUT2D eigenvalue weighted by Crippen LogP contribution is -2.61. The van der Waals surface area contributed by atoms with Crippen molar-refractivity contribution in [3.8, 4) is 0 Å². The lowest BCUT2D eigenvalue weighted by molar-refractivity contribution is -0.116. The second kappa shape index (κ2) is 6.85. The van der Waals surface area contributed by atoms with Crippen LogP contribution in [0.5, 0.6) is 0 Å². The van der Waals surface area contributed by atoms with Crippen molar-refractivity contribution in [2.75, 3.05) is 19.8 Å². The maximum Gasteiger partial charge on any atom is 0.0897 e. The van der Waals surface area contributed by atoms with E-state index in [9.17, 15) is 5.11 Å². The summed E-state index contributed by atoms with van der Waals surface area (Å²) in [5, 5.41) is 13.2. The summed E-state index contributed by atoms with van der Waals surface area (Å²) in [5.41, 5.74) is 0.147. The van der Waals surface area contributed by atoms with Gasteiger partial charge in [-0.1, -0.05) is 13.8 Å². The molecule has 108 valence electrons. The van der Waals surface area contributed by atoms with Gasteiger partial charge in [0.2, 0.25) is 0 Å². The molecule has 3 unspecified atom stereocenters. The van der Waals surface area contributed by atoms with E-state index in [2.05, 4.69) is 19.2 Å². The van der Waals surface area contributed by atoms with Gasteiger partial charge in [-0.05, 0) is 27.2 Å². The van der Waals surface area contributed by atoms with Crippen molar-refractivity contribution in [3.05, 3.63) is 0 Å². The minimum Gasteiger partial charge on any atom is -0.389 e. The lowest BCUT2D eigenvalue weighted by Gasteiger charge is -2.52. The first kappa shape index (κ1) is 15.9. The van der Waals surface area contributed by atoms with Gasteiger partial charge < -0.3 is 19.9 Å². The van der Waals surface area contributed by atoms with Crippen LogP contribution in [0.4, 0.5) is 0 Å². The van der Waals surface area contributed by atoms with Crippen molar-refractivity contribution in [2.24, 2.45) is 5.41 Å². The highest BCUT2D eigenvalue weighted by Gasteiger charge is 2.48. The van der Waals surface area contributed by atoms with Crippen LogP contribution in [0.3, 0.4) is 0 Å². The molecule has 0 aliphatic heterocycles. The fraction of sp³-hybridized carbons (Fsp3) is 1.00. The maximum atomic E-state index is 9.79. The molecule has 0 aromatic carbocycles. The molecule has 0 aromatic rings. The molecule has 0 aromatic heterocycles. The SMILES string of the molecule is CCOC1CC(NCC(O)COC(C)C)C1(C)C. The van der Waals surface area contributed by atoms with Gasteiger partial charge in [0.05, 0.1) is 24.9 Å². The van der Waals surface area contributed by atoms with Gasteiger partial charge in [0, 0.05) is 24.6 Å². The van der Waals surface area contributed by atoms with Crippen molar-refractivity contribution in [1.29, 1.82) is 0 Å². The zero-order chi connectivity index (χ0) is 13.8. The van der Waals surface area contributed by atoms with Crippen LogP contribution in [-0.4, -0.2) is 49.2 Å². The van der Waals surface area contributed by atoms with Crippen LogP contribution in [0.1, 0.15) is 41.0 Å². The van der Waals surface area contributed by atoms with Gasteiger partial charge >= 0.3 is 0 Å². The first-order valence-corrected chi connectivity index (χ1v) is 7.02. The molecule has 18 heavy (non-hydrogen) atoms. The molecule has 0 radical (unpaired) electrons. The van der Waals surface area contributed by atoms with Crippen LogP contribution >= 0.6 is 0 Å². The van der Waals surface area contributed by atoms with Gasteiger partial charge in [-0.2, -0.15) is 0 Å². The van der Waals surface area contributed by atoms with Gasteiger partial charge in [0.25, 0.3) is 0 Å². The summed E-state index contributed by atoms with van der Waals surface area (Å²) in [4.78, 5) is 0. The van der Waals surface area contributed by atoms with Crippen LogP contribution in [-0.2, 0) is 9.47 Å². The van der Waals surface area contributed by atoms with Crippen molar-refractivity contribution in [1.82, 2.24) is 5.32 Å². The van der Waals surface area contributed by atoms with E-state index in [-0.39, 0.29) is 11.5 Å². The topological polar surface area (TPSA) is 50.7 Å². The van der Waals surface area contributed by atoms with Gasteiger partial charge in [-0.3, -0.25) is 0 Å². The normalized spacial score (nSPS) is 28.2. The fourth-order valence-electron chi connectivity index (χ4n) is 2.36. The Labute approximate surface area is 111 Å². The number of ether oxygens (including phenoxy) is 2. The van der Waals surface area contributed by atoms with E-state index in [1.54, 1.807) is 0 Å². The minimum absolute atomic E-state index is 0.147. The molecule has 0 amide bonds. The minimum atomic E-state index is -0.436. The molecule has 1 aliphatic carbocycles. The number of hydrogen-bond donors (Lipinski definition) is 2. The average molecular weight is 259 g/mol. The first-order valence-electron chi connectivity index (χ1n) is 7.02. The van der Waals surface area contributed by atoms with Crippen molar-refractivity contribution in [3.63, 3.8) is 0 Å². The molecule has 0 spiro atoms. The lowest BCUT2D eigenvalue weighted by atomic mass is 9.64. The third kappa shape index (κ3) is 4.19. The quantitative estimate of drug-likeness (QED) is 0.694. The van der Waals surface area contributed by atoms with Crippen molar-refractivity contribution < 1.29 is 14.6 Å². The van der Waals surface area contributed by atoms with E-state index in [4.69, 9.17) is 9.47 Å². The highest BCUT2D eigenvalue weighted by molar-refractivity contribution is 5.02. The molecule has 1 fully saturated rings. The number of rotatable bonds is 8. The van der Waals surface area contributed by atoms with Crippen LogP contribution in [0.2, 0.25) is 0 Å². The molecule has 1 saturated carbocycles. The van der Waals surface area contributed by atoms with Crippen LogP contribution in [0.25, 0.3) is 0 Å². The highest BCUT2D eigenvalue weighted by atomic mass is 16.5. The molecular formula is C14H29NO3. The molecule has 1 rings (SSSR count). The second-order valence-corrected chi connectivity index (χ2v) is 6.00. The predicted octanol–water partition coefficient (Wildman–Crippen LogP) is 1.57. The zero-order valence-corrected chi connectivity index (χ0v) is 12.4. The van der Waals surface area contributed by atoms with E-state index >= 15 is 0 Å². The molecule has 2 N–H and O–H groups in total. The van der Waals surface area contributed by atoms with Gasteiger partial charge in [0.1, 0.15) is 0 Å². The van der Waals surface area contributed by atoms with E-state index in [0.29, 0.717) is 25.3 Å². The average Bonchev–Trinajstić information content (AvgIpc) is 2.30. The summed E-state index contributed by atoms with van der Waals surface area (Å²) in [6, 6.07) is 0.419. The zero-order valence-electron chi connectivity index (χ0n) is 12.4. The Hall–Kier alpha value is -0.160. The Morgan fingerprint density at radius 2 is 2.06 bits per heavy atom. The summed E-state index contributed by atoms with van der Waals surface area (Å²) < 4.78 is 11.1. The molecule has 3 atom stereocenters. The summed E-state index contributed by atoms with van der Waals surface area (Å²) in [6.45, 7) is 12.2. The molecule has 4 nitrogen and oxygen atoms in total. The Kier molecular flexibility index (Phi) is 6.05. The van der Waals surface area contributed by atoms with E-state index in [1.807, 2.05) is 20.8 Å². The fourth-order valence-corrected chi connectivity index (χ4v) is 2.36. The van der Waals surface area contributed by atoms with Gasteiger partial charge in [-0.25, -0.2) is 0 Å². The standard InChI is InChI=1S/C14H29NO3/c1-6-17-13-7-12(14(13,4)5)15-8-11(16)9-18-10(2)3/h10-13,15-16H,6-9H2,1-5H3. The Bertz CT molecular complexity index is 243. The summed E-state index contributed by atoms with van der Waals surface area (Å²) in [7, 11) is 0. The van der Waals surface area contributed by atoms with E-state index in [1.165, 1.54) is 0 Å². The summed E-state index contributed by atoms with van der Waals surface area (Å²) in [6.07, 6.45) is 1.10. The Balaban J connectivity index is 2.21. The first-order chi connectivity index (χ1) is 8.37. The van der Waals surface area contributed by atoms with Gasteiger partial charge in [-0.15, -0.1) is 0 Å². The highest BCUT2D eigenvalue weighted by Crippen LogP contribution is 2.42. The molecule has 0 heterocycles.